The van der Waals surface area contributed by atoms with E-state index in [0.717, 1.165) is 0 Å². The quantitative estimate of drug-likeness (QED) is 0.871. The fourth-order valence-corrected chi connectivity index (χ4v) is 3.24. The molecule has 0 aliphatic heterocycles. The lowest BCUT2D eigenvalue weighted by Gasteiger charge is -2.25. The molecular weight excluding hydrogens is 286 g/mol. The van der Waals surface area contributed by atoms with Gasteiger partial charge in [0, 0.05) is 18.1 Å². The number of sulfone groups is 1. The van der Waals surface area contributed by atoms with E-state index in [2.05, 4.69) is 0 Å². The van der Waals surface area contributed by atoms with E-state index in [1.165, 1.54) is 12.1 Å². The molecule has 6 heteroatoms. The van der Waals surface area contributed by atoms with Crippen LogP contribution in [0.1, 0.15) is 13.8 Å². The Morgan fingerprint density at radius 3 is 2.26 bits per heavy atom. The topological polar surface area (TPSA) is 57.6 Å². The number of likely N-dealkylation sites (N-methyl/N-ethyl adjacent to an activating group) is 1. The molecule has 1 N–H and O–H groups in total. The fourth-order valence-electron chi connectivity index (χ4n) is 1.78. The van der Waals surface area contributed by atoms with Crippen LogP contribution >= 0.6 is 11.6 Å². The zero-order valence-corrected chi connectivity index (χ0v) is 13.0. The predicted octanol–water partition coefficient (Wildman–Crippen LogP) is 1.82. The van der Waals surface area contributed by atoms with Gasteiger partial charge in [-0.2, -0.15) is 0 Å². The third kappa shape index (κ3) is 5.91. The van der Waals surface area contributed by atoms with Crippen molar-refractivity contribution in [1.82, 2.24) is 4.90 Å². The maximum Gasteiger partial charge on any atom is 0.179 e. The molecule has 108 valence electrons. The summed E-state index contributed by atoms with van der Waals surface area (Å²) in [4.78, 5) is 2.07. The minimum Gasteiger partial charge on any atom is -0.389 e. The molecule has 0 amide bonds. The van der Waals surface area contributed by atoms with Crippen LogP contribution in [-0.4, -0.2) is 49.9 Å². The van der Waals surface area contributed by atoms with E-state index < -0.39 is 15.4 Å². The molecule has 0 fully saturated rings. The largest absolute Gasteiger partial charge is 0.389 e. The monoisotopic (exact) mass is 305 g/mol. The van der Waals surface area contributed by atoms with Crippen molar-refractivity contribution in [3.63, 3.8) is 0 Å². The molecule has 0 aliphatic carbocycles. The summed E-state index contributed by atoms with van der Waals surface area (Å²) < 4.78 is 24.2. The van der Waals surface area contributed by atoms with Crippen LogP contribution in [0.3, 0.4) is 0 Å². The molecule has 1 aromatic rings. The summed E-state index contributed by atoms with van der Waals surface area (Å²) in [7, 11) is -1.52. The van der Waals surface area contributed by atoms with Gasteiger partial charge in [-0.05, 0) is 45.2 Å². The minimum atomic E-state index is -3.31. The van der Waals surface area contributed by atoms with Crippen molar-refractivity contribution in [2.24, 2.45) is 0 Å². The van der Waals surface area contributed by atoms with Crippen LogP contribution in [0.25, 0.3) is 0 Å². The molecule has 0 spiro atoms. The van der Waals surface area contributed by atoms with E-state index >= 15 is 0 Å². The summed E-state index contributed by atoms with van der Waals surface area (Å²) in [5.74, 6) is 0.0151. The first-order valence-electron chi connectivity index (χ1n) is 5.99. The van der Waals surface area contributed by atoms with Crippen molar-refractivity contribution in [3.8, 4) is 0 Å². The molecule has 1 aromatic carbocycles. The Kier molecular flexibility index (Phi) is 5.38. The molecule has 0 unspecified atom stereocenters. The molecular formula is C13H20ClNO3S. The zero-order chi connectivity index (χ0) is 14.7. The normalized spacial score (nSPS) is 12.9. The average molecular weight is 306 g/mol. The van der Waals surface area contributed by atoms with Crippen molar-refractivity contribution in [3.05, 3.63) is 29.3 Å². The molecule has 0 bridgehead atoms. The second kappa shape index (κ2) is 6.22. The van der Waals surface area contributed by atoms with E-state index in [4.69, 9.17) is 11.6 Å². The van der Waals surface area contributed by atoms with Crippen LogP contribution in [0, 0.1) is 0 Å². The molecule has 4 nitrogen and oxygen atoms in total. The van der Waals surface area contributed by atoms with Gasteiger partial charge in [0.05, 0.1) is 16.2 Å². The summed E-state index contributed by atoms with van der Waals surface area (Å²) in [6, 6.07) is 6.14. The Morgan fingerprint density at radius 1 is 1.26 bits per heavy atom. The molecule has 0 aromatic heterocycles. The third-order valence-corrected chi connectivity index (χ3v) is 4.53. The van der Waals surface area contributed by atoms with Gasteiger partial charge in [-0.1, -0.05) is 11.6 Å². The van der Waals surface area contributed by atoms with Crippen molar-refractivity contribution in [2.75, 3.05) is 25.9 Å². The van der Waals surface area contributed by atoms with Crippen LogP contribution in [-0.2, 0) is 9.84 Å². The molecule has 1 rings (SSSR count). The number of hydrogen-bond acceptors (Lipinski definition) is 4. The van der Waals surface area contributed by atoms with Gasteiger partial charge in [-0.3, -0.25) is 0 Å². The number of nitrogens with zero attached hydrogens (tertiary/aromatic N) is 1. The number of hydrogen-bond donors (Lipinski definition) is 1. The molecule has 0 atom stereocenters. The first-order chi connectivity index (χ1) is 8.60. The van der Waals surface area contributed by atoms with Gasteiger partial charge in [0.2, 0.25) is 0 Å². The third-order valence-electron chi connectivity index (χ3n) is 2.57. The number of rotatable bonds is 6. The first-order valence-corrected chi connectivity index (χ1v) is 8.02. The van der Waals surface area contributed by atoms with E-state index in [-0.39, 0.29) is 10.6 Å². The summed E-state index contributed by atoms with van der Waals surface area (Å²) in [6.45, 7) is 4.17. The van der Waals surface area contributed by atoms with Crippen molar-refractivity contribution < 1.29 is 13.5 Å². The fraction of sp³-hybridized carbons (Fsp3) is 0.538. The lowest BCUT2D eigenvalue weighted by atomic mass is 10.1. The molecule has 0 heterocycles. The standard InChI is InChI=1S/C13H20ClNO3S/c1-13(2,16)10-15(3)8-9-19(17,18)12-6-4-11(14)5-7-12/h4-7,16H,8-10H2,1-3H3. The van der Waals surface area contributed by atoms with E-state index in [9.17, 15) is 13.5 Å². The van der Waals surface area contributed by atoms with E-state index in [1.54, 1.807) is 37.9 Å². The highest BCUT2D eigenvalue weighted by atomic mass is 35.5. The number of aliphatic hydroxyl groups is 1. The van der Waals surface area contributed by atoms with Crippen LogP contribution in [0.4, 0.5) is 0 Å². The molecule has 19 heavy (non-hydrogen) atoms. The van der Waals surface area contributed by atoms with Crippen molar-refractivity contribution in [2.45, 2.75) is 24.3 Å². The first kappa shape index (κ1) is 16.4. The van der Waals surface area contributed by atoms with Gasteiger partial charge < -0.3 is 10.0 Å². The van der Waals surface area contributed by atoms with Gasteiger partial charge in [-0.15, -0.1) is 0 Å². The maximum absolute atomic E-state index is 12.1. The minimum absolute atomic E-state index is 0.0151. The second-order valence-corrected chi connectivity index (χ2v) is 7.87. The Hall–Kier alpha value is -0.620. The number of halogens is 1. The summed E-state index contributed by atoms with van der Waals surface area (Å²) in [5.41, 5.74) is -0.835. The SMILES string of the molecule is CN(CCS(=O)(=O)c1ccc(Cl)cc1)CC(C)(C)O. The summed E-state index contributed by atoms with van der Waals surface area (Å²) >= 11 is 5.73. The van der Waals surface area contributed by atoms with Crippen molar-refractivity contribution in [1.29, 1.82) is 0 Å². The number of benzene rings is 1. The zero-order valence-electron chi connectivity index (χ0n) is 11.4. The van der Waals surface area contributed by atoms with Crippen LogP contribution < -0.4 is 0 Å². The summed E-state index contributed by atoms with van der Waals surface area (Å²) in [6.07, 6.45) is 0. The predicted molar refractivity (Wildman–Crippen MR) is 77.3 cm³/mol. The van der Waals surface area contributed by atoms with Crippen LogP contribution in [0.15, 0.2) is 29.2 Å². The Labute approximate surface area is 119 Å². The maximum atomic E-state index is 12.1. The Balaban J connectivity index is 2.63. The second-order valence-electron chi connectivity index (χ2n) is 5.32. The lowest BCUT2D eigenvalue weighted by Crippen LogP contribution is -2.38. The molecule has 0 aliphatic rings. The van der Waals surface area contributed by atoms with Gasteiger partial charge >= 0.3 is 0 Å². The molecule has 0 saturated carbocycles. The highest BCUT2D eigenvalue weighted by Crippen LogP contribution is 2.15. The van der Waals surface area contributed by atoms with Gasteiger partial charge in [0.25, 0.3) is 0 Å². The average Bonchev–Trinajstić information content (AvgIpc) is 2.25. The smallest absolute Gasteiger partial charge is 0.179 e. The van der Waals surface area contributed by atoms with E-state index in [1.807, 2.05) is 0 Å². The Morgan fingerprint density at radius 2 is 1.79 bits per heavy atom. The highest BCUT2D eigenvalue weighted by molar-refractivity contribution is 7.91. The molecule has 0 saturated heterocycles. The van der Waals surface area contributed by atoms with Gasteiger partial charge in [-0.25, -0.2) is 8.42 Å². The molecule has 0 radical (unpaired) electrons. The lowest BCUT2D eigenvalue weighted by molar-refractivity contribution is 0.0463. The Bertz CT molecular complexity index is 506. The van der Waals surface area contributed by atoms with Gasteiger partial charge in [0.1, 0.15) is 0 Å². The van der Waals surface area contributed by atoms with E-state index in [0.29, 0.717) is 18.1 Å². The summed E-state index contributed by atoms with van der Waals surface area (Å²) in [5, 5.41) is 10.2. The van der Waals surface area contributed by atoms with Gasteiger partial charge in [0.15, 0.2) is 9.84 Å². The highest BCUT2D eigenvalue weighted by Gasteiger charge is 2.19. The van der Waals surface area contributed by atoms with Crippen molar-refractivity contribution >= 4 is 21.4 Å². The van der Waals surface area contributed by atoms with Crippen LogP contribution in [0.2, 0.25) is 5.02 Å². The van der Waals surface area contributed by atoms with Crippen LogP contribution in [0.5, 0.6) is 0 Å².